The molecule has 6 nitrogen and oxygen atoms in total. The average Bonchev–Trinajstić information content (AvgIpc) is 2.63. The molecule has 27 heavy (non-hydrogen) atoms. The molecule has 0 spiro atoms. The Morgan fingerprint density at radius 1 is 1.15 bits per heavy atom. The van der Waals surface area contributed by atoms with Gasteiger partial charge in [-0.1, -0.05) is 11.6 Å². The van der Waals surface area contributed by atoms with Gasteiger partial charge in [-0.3, -0.25) is 4.79 Å². The standard InChI is InChI=1S/C21H20O6/c1-11(2)4-9-14-15(23)10-16(26-3)17-18(24)19(25)20(27-21(14)17)12-5-7-13(22)8-6-12/h4-8,10,22-23,25H,9H2,1-3H3. The van der Waals surface area contributed by atoms with Gasteiger partial charge in [0.1, 0.15) is 28.2 Å². The summed E-state index contributed by atoms with van der Waals surface area (Å²) < 4.78 is 11.1. The van der Waals surface area contributed by atoms with Crippen LogP contribution in [0, 0.1) is 0 Å². The van der Waals surface area contributed by atoms with Crippen molar-refractivity contribution in [3.8, 4) is 34.3 Å². The van der Waals surface area contributed by atoms with Crippen LogP contribution >= 0.6 is 0 Å². The van der Waals surface area contributed by atoms with Crippen LogP contribution in [-0.2, 0) is 6.42 Å². The first-order valence-electron chi connectivity index (χ1n) is 8.34. The minimum absolute atomic E-state index is 0.0430. The summed E-state index contributed by atoms with van der Waals surface area (Å²) in [5, 5.41) is 30.4. The Morgan fingerprint density at radius 2 is 1.81 bits per heavy atom. The van der Waals surface area contributed by atoms with Gasteiger partial charge in [-0.2, -0.15) is 0 Å². The molecule has 0 aliphatic rings. The number of hydrogen-bond acceptors (Lipinski definition) is 6. The topological polar surface area (TPSA) is 100 Å². The van der Waals surface area contributed by atoms with E-state index in [2.05, 4.69) is 0 Å². The van der Waals surface area contributed by atoms with E-state index in [9.17, 15) is 20.1 Å². The average molecular weight is 368 g/mol. The van der Waals surface area contributed by atoms with Crippen molar-refractivity contribution in [1.82, 2.24) is 0 Å². The van der Waals surface area contributed by atoms with Gasteiger partial charge in [0.15, 0.2) is 5.76 Å². The van der Waals surface area contributed by atoms with Crippen LogP contribution in [0.15, 0.2) is 51.2 Å². The molecule has 3 N–H and O–H groups in total. The number of methoxy groups -OCH3 is 1. The fraction of sp³-hybridized carbons (Fsp3) is 0.190. The van der Waals surface area contributed by atoms with Crippen LogP contribution in [0.1, 0.15) is 19.4 Å². The van der Waals surface area contributed by atoms with Gasteiger partial charge in [-0.25, -0.2) is 0 Å². The summed E-state index contributed by atoms with van der Waals surface area (Å²) in [5.74, 6) is -0.513. The molecule has 6 heteroatoms. The fourth-order valence-corrected chi connectivity index (χ4v) is 2.84. The maximum atomic E-state index is 12.8. The second-order valence-corrected chi connectivity index (χ2v) is 6.42. The number of fused-ring (bicyclic) bond motifs is 1. The fourth-order valence-electron chi connectivity index (χ4n) is 2.84. The predicted octanol–water partition coefficient (Wildman–Crippen LogP) is 4.09. The van der Waals surface area contributed by atoms with Crippen molar-refractivity contribution in [3.05, 3.63) is 57.8 Å². The second-order valence-electron chi connectivity index (χ2n) is 6.42. The van der Waals surface area contributed by atoms with Crippen LogP contribution < -0.4 is 10.2 Å². The normalized spacial score (nSPS) is 10.8. The molecule has 0 saturated heterocycles. The number of rotatable bonds is 4. The molecule has 0 amide bonds. The van der Waals surface area contributed by atoms with Crippen LogP contribution in [0.5, 0.6) is 23.0 Å². The summed E-state index contributed by atoms with van der Waals surface area (Å²) in [6, 6.07) is 7.23. The molecule has 3 aromatic rings. The smallest absolute Gasteiger partial charge is 0.238 e. The molecule has 2 aromatic carbocycles. The highest BCUT2D eigenvalue weighted by Crippen LogP contribution is 2.39. The van der Waals surface area contributed by atoms with Crippen LogP contribution in [0.25, 0.3) is 22.3 Å². The van der Waals surface area contributed by atoms with Gasteiger partial charge in [0.25, 0.3) is 0 Å². The molecule has 0 bridgehead atoms. The maximum absolute atomic E-state index is 12.8. The van der Waals surface area contributed by atoms with Crippen LogP contribution in [0.4, 0.5) is 0 Å². The lowest BCUT2D eigenvalue weighted by Gasteiger charge is -2.13. The van der Waals surface area contributed by atoms with Crippen molar-refractivity contribution in [3.63, 3.8) is 0 Å². The van der Waals surface area contributed by atoms with E-state index in [1.807, 2.05) is 19.9 Å². The quantitative estimate of drug-likeness (QED) is 0.600. The summed E-state index contributed by atoms with van der Waals surface area (Å²) >= 11 is 0. The molecule has 1 heterocycles. The molecule has 0 unspecified atom stereocenters. The number of aromatic hydroxyl groups is 3. The first-order chi connectivity index (χ1) is 12.8. The first kappa shape index (κ1) is 18.4. The molecule has 0 saturated carbocycles. The summed E-state index contributed by atoms with van der Waals surface area (Å²) in [5.41, 5.74) is 1.37. The summed E-state index contributed by atoms with van der Waals surface area (Å²) in [6.07, 6.45) is 2.24. The Bertz CT molecular complexity index is 1090. The minimum atomic E-state index is -0.658. The van der Waals surface area contributed by atoms with Crippen molar-refractivity contribution < 1.29 is 24.5 Å². The predicted molar refractivity (Wildman–Crippen MR) is 103 cm³/mol. The van der Waals surface area contributed by atoms with Crippen molar-refractivity contribution in [2.75, 3.05) is 7.11 Å². The Hall–Kier alpha value is -3.41. The lowest BCUT2D eigenvalue weighted by molar-refractivity contribution is 0.407. The molecule has 3 rings (SSSR count). The number of phenols is 2. The highest BCUT2D eigenvalue weighted by atomic mass is 16.5. The van der Waals surface area contributed by atoms with E-state index in [0.29, 0.717) is 17.5 Å². The zero-order valence-electron chi connectivity index (χ0n) is 15.2. The van der Waals surface area contributed by atoms with Gasteiger partial charge in [0.05, 0.1) is 7.11 Å². The Morgan fingerprint density at radius 3 is 2.41 bits per heavy atom. The van der Waals surface area contributed by atoms with Crippen molar-refractivity contribution in [2.45, 2.75) is 20.3 Å². The molecule has 0 aliphatic carbocycles. The van der Waals surface area contributed by atoms with E-state index in [1.54, 1.807) is 0 Å². The van der Waals surface area contributed by atoms with Crippen molar-refractivity contribution in [1.29, 1.82) is 0 Å². The molecular weight excluding hydrogens is 348 g/mol. The lowest BCUT2D eigenvalue weighted by atomic mass is 10.0. The second kappa shape index (κ2) is 7.07. The molecule has 140 valence electrons. The van der Waals surface area contributed by atoms with Gasteiger partial charge >= 0.3 is 0 Å². The molecule has 0 fully saturated rings. The zero-order valence-corrected chi connectivity index (χ0v) is 15.2. The molecule has 0 atom stereocenters. The number of ether oxygens (including phenoxy) is 1. The van der Waals surface area contributed by atoms with E-state index in [4.69, 9.17) is 9.15 Å². The third-order valence-corrected chi connectivity index (χ3v) is 4.25. The number of phenolic OH excluding ortho intramolecular Hbond substituents is 2. The van der Waals surface area contributed by atoms with Gasteiger partial charge < -0.3 is 24.5 Å². The maximum Gasteiger partial charge on any atom is 0.238 e. The van der Waals surface area contributed by atoms with E-state index in [0.717, 1.165) is 5.57 Å². The van der Waals surface area contributed by atoms with Gasteiger partial charge in [-0.05, 0) is 44.5 Å². The summed E-state index contributed by atoms with van der Waals surface area (Å²) in [6.45, 7) is 3.85. The Kier molecular flexibility index (Phi) is 4.81. The molecule has 0 radical (unpaired) electrons. The zero-order chi connectivity index (χ0) is 19.7. The third kappa shape index (κ3) is 3.33. The van der Waals surface area contributed by atoms with Crippen molar-refractivity contribution in [2.24, 2.45) is 0 Å². The summed E-state index contributed by atoms with van der Waals surface area (Å²) in [7, 11) is 1.37. The van der Waals surface area contributed by atoms with E-state index in [-0.39, 0.29) is 34.0 Å². The minimum Gasteiger partial charge on any atom is -0.508 e. The largest absolute Gasteiger partial charge is 0.508 e. The van der Waals surface area contributed by atoms with Gasteiger partial charge in [-0.15, -0.1) is 0 Å². The van der Waals surface area contributed by atoms with Crippen LogP contribution in [0.2, 0.25) is 0 Å². The Labute approximate surface area is 155 Å². The third-order valence-electron chi connectivity index (χ3n) is 4.25. The first-order valence-corrected chi connectivity index (χ1v) is 8.34. The SMILES string of the molecule is COc1cc(O)c(CC=C(C)C)c2oc(-c3ccc(O)cc3)c(O)c(=O)c12. The highest BCUT2D eigenvalue weighted by Gasteiger charge is 2.22. The van der Waals surface area contributed by atoms with E-state index in [1.165, 1.54) is 37.4 Å². The van der Waals surface area contributed by atoms with Crippen LogP contribution in [-0.4, -0.2) is 22.4 Å². The lowest BCUT2D eigenvalue weighted by Crippen LogP contribution is -2.06. The van der Waals surface area contributed by atoms with Gasteiger partial charge in [0, 0.05) is 17.2 Å². The van der Waals surface area contributed by atoms with Gasteiger partial charge in [0.2, 0.25) is 11.2 Å². The molecule has 1 aromatic heterocycles. The monoisotopic (exact) mass is 368 g/mol. The number of hydrogen-bond donors (Lipinski definition) is 3. The van der Waals surface area contributed by atoms with Crippen LogP contribution in [0.3, 0.4) is 0 Å². The number of allylic oxidation sites excluding steroid dienone is 2. The number of benzene rings is 2. The molecule has 0 aliphatic heterocycles. The van der Waals surface area contributed by atoms with E-state index < -0.39 is 11.2 Å². The Balaban J connectivity index is 2.39. The highest BCUT2D eigenvalue weighted by molar-refractivity contribution is 5.91. The molecular formula is C21H20O6. The summed E-state index contributed by atoms with van der Waals surface area (Å²) in [4.78, 5) is 12.8. The van der Waals surface area contributed by atoms with Crippen molar-refractivity contribution >= 4 is 11.0 Å². The van der Waals surface area contributed by atoms with E-state index >= 15 is 0 Å².